The summed E-state index contributed by atoms with van der Waals surface area (Å²) in [5.41, 5.74) is 4.82. The molecule has 2 aliphatic rings. The molecule has 1 unspecified atom stereocenters. The average Bonchev–Trinajstić information content (AvgIpc) is 2.48. The van der Waals surface area contributed by atoms with E-state index in [1.54, 1.807) is 5.56 Å². The SMILES string of the molecule is Cc1ccc2c(c1)CCCN2CC(C)(C)C1CCCNC1. The molecule has 0 bridgehead atoms. The number of aryl methyl sites for hydroxylation is 2. The molecule has 0 aliphatic carbocycles. The molecule has 0 radical (unpaired) electrons. The largest absolute Gasteiger partial charge is 0.371 e. The fourth-order valence-electron chi connectivity index (χ4n) is 4.11. The number of rotatable bonds is 3. The molecule has 1 fully saturated rings. The summed E-state index contributed by atoms with van der Waals surface area (Å²) in [6.07, 6.45) is 5.27. The average molecular weight is 286 g/mol. The van der Waals surface area contributed by atoms with E-state index in [9.17, 15) is 0 Å². The Morgan fingerprint density at radius 3 is 2.90 bits per heavy atom. The van der Waals surface area contributed by atoms with Crippen molar-refractivity contribution in [2.75, 3.05) is 31.1 Å². The quantitative estimate of drug-likeness (QED) is 0.910. The molecule has 1 atom stereocenters. The number of hydrogen-bond acceptors (Lipinski definition) is 2. The fourth-order valence-corrected chi connectivity index (χ4v) is 4.11. The standard InChI is InChI=1S/C19H30N2/c1-15-8-9-18-16(12-15)6-5-11-21(18)14-19(2,3)17-7-4-10-20-13-17/h8-9,12,17,20H,4-7,10-11,13-14H2,1-3H3. The van der Waals surface area contributed by atoms with E-state index in [1.807, 2.05) is 0 Å². The molecule has 0 amide bonds. The van der Waals surface area contributed by atoms with Gasteiger partial charge in [0, 0.05) is 18.8 Å². The Balaban J connectivity index is 1.76. The van der Waals surface area contributed by atoms with Crippen LogP contribution in [-0.4, -0.2) is 26.2 Å². The molecule has 0 spiro atoms. The van der Waals surface area contributed by atoms with Gasteiger partial charge in [0.05, 0.1) is 0 Å². The Morgan fingerprint density at radius 2 is 2.14 bits per heavy atom. The number of anilines is 1. The molecule has 1 aromatic carbocycles. The molecule has 116 valence electrons. The highest BCUT2D eigenvalue weighted by Gasteiger charge is 2.33. The Bertz CT molecular complexity index is 486. The molecular formula is C19H30N2. The summed E-state index contributed by atoms with van der Waals surface area (Å²) in [5, 5.41) is 3.59. The van der Waals surface area contributed by atoms with Crippen LogP contribution in [0.1, 0.15) is 44.2 Å². The lowest BCUT2D eigenvalue weighted by Crippen LogP contribution is -2.46. The van der Waals surface area contributed by atoms with Gasteiger partial charge in [0.15, 0.2) is 0 Å². The third-order valence-corrected chi connectivity index (χ3v) is 5.45. The van der Waals surface area contributed by atoms with Gasteiger partial charge in [0.1, 0.15) is 0 Å². The van der Waals surface area contributed by atoms with E-state index in [-0.39, 0.29) is 0 Å². The molecule has 2 heteroatoms. The highest BCUT2D eigenvalue weighted by molar-refractivity contribution is 5.56. The van der Waals surface area contributed by atoms with Crippen LogP contribution in [0.2, 0.25) is 0 Å². The second-order valence-electron chi connectivity index (χ2n) is 7.69. The van der Waals surface area contributed by atoms with Gasteiger partial charge in [-0.05, 0) is 68.7 Å². The maximum atomic E-state index is 3.59. The van der Waals surface area contributed by atoms with Crippen LogP contribution in [0.3, 0.4) is 0 Å². The molecule has 2 aliphatic heterocycles. The molecule has 2 nitrogen and oxygen atoms in total. The number of hydrogen-bond donors (Lipinski definition) is 1. The van der Waals surface area contributed by atoms with Crippen molar-refractivity contribution < 1.29 is 0 Å². The summed E-state index contributed by atoms with van der Waals surface area (Å²) in [7, 11) is 0. The minimum absolute atomic E-state index is 0.382. The van der Waals surface area contributed by atoms with Gasteiger partial charge >= 0.3 is 0 Å². The van der Waals surface area contributed by atoms with E-state index in [0.29, 0.717) is 5.41 Å². The van der Waals surface area contributed by atoms with E-state index in [1.165, 1.54) is 63.1 Å². The van der Waals surface area contributed by atoms with Gasteiger partial charge in [0.2, 0.25) is 0 Å². The fraction of sp³-hybridized carbons (Fsp3) is 0.684. The van der Waals surface area contributed by atoms with Gasteiger partial charge in [-0.2, -0.15) is 0 Å². The summed E-state index contributed by atoms with van der Waals surface area (Å²) in [5.74, 6) is 0.807. The van der Waals surface area contributed by atoms with Crippen LogP contribution in [0.4, 0.5) is 5.69 Å². The summed E-state index contributed by atoms with van der Waals surface area (Å²) in [4.78, 5) is 2.65. The first-order chi connectivity index (χ1) is 10.1. The van der Waals surface area contributed by atoms with Crippen LogP contribution in [0.15, 0.2) is 18.2 Å². The monoisotopic (exact) mass is 286 g/mol. The Labute approximate surface area is 129 Å². The normalized spacial score (nSPS) is 23.0. The maximum absolute atomic E-state index is 3.59. The zero-order chi connectivity index (χ0) is 14.9. The molecule has 3 rings (SSSR count). The Morgan fingerprint density at radius 1 is 1.29 bits per heavy atom. The van der Waals surface area contributed by atoms with Gasteiger partial charge in [0.25, 0.3) is 0 Å². The molecule has 1 saturated heterocycles. The topological polar surface area (TPSA) is 15.3 Å². The van der Waals surface area contributed by atoms with Crippen molar-refractivity contribution >= 4 is 5.69 Å². The van der Waals surface area contributed by atoms with Crippen molar-refractivity contribution in [1.82, 2.24) is 5.32 Å². The second kappa shape index (κ2) is 6.00. The van der Waals surface area contributed by atoms with Crippen LogP contribution in [0.25, 0.3) is 0 Å². The second-order valence-corrected chi connectivity index (χ2v) is 7.69. The van der Waals surface area contributed by atoms with E-state index in [4.69, 9.17) is 0 Å². The molecular weight excluding hydrogens is 256 g/mol. The molecule has 1 aromatic rings. The van der Waals surface area contributed by atoms with Gasteiger partial charge in [-0.1, -0.05) is 31.5 Å². The van der Waals surface area contributed by atoms with E-state index >= 15 is 0 Å². The third-order valence-electron chi connectivity index (χ3n) is 5.45. The Kier molecular flexibility index (Phi) is 4.26. The van der Waals surface area contributed by atoms with Crippen molar-refractivity contribution in [3.63, 3.8) is 0 Å². The first kappa shape index (κ1) is 14.9. The van der Waals surface area contributed by atoms with Crippen molar-refractivity contribution in [2.24, 2.45) is 11.3 Å². The zero-order valence-corrected chi connectivity index (χ0v) is 13.9. The molecule has 0 aromatic heterocycles. The molecule has 2 heterocycles. The molecule has 21 heavy (non-hydrogen) atoms. The molecule has 1 N–H and O–H groups in total. The number of nitrogens with one attached hydrogen (secondary N) is 1. The van der Waals surface area contributed by atoms with E-state index < -0.39 is 0 Å². The van der Waals surface area contributed by atoms with Gasteiger partial charge in [-0.3, -0.25) is 0 Å². The summed E-state index contributed by atoms with van der Waals surface area (Å²) >= 11 is 0. The number of fused-ring (bicyclic) bond motifs is 1. The van der Waals surface area contributed by atoms with Crippen molar-refractivity contribution in [2.45, 2.75) is 46.5 Å². The number of nitrogens with zero attached hydrogens (tertiary/aromatic N) is 1. The summed E-state index contributed by atoms with van der Waals surface area (Å²) in [6, 6.07) is 7.00. The van der Waals surface area contributed by atoms with Crippen molar-refractivity contribution in [3.8, 4) is 0 Å². The Hall–Kier alpha value is -1.02. The minimum Gasteiger partial charge on any atom is -0.371 e. The maximum Gasteiger partial charge on any atom is 0.0399 e. The summed E-state index contributed by atoms with van der Waals surface area (Å²) < 4.78 is 0. The minimum atomic E-state index is 0.382. The van der Waals surface area contributed by atoms with Crippen LogP contribution in [-0.2, 0) is 6.42 Å². The number of benzene rings is 1. The highest BCUT2D eigenvalue weighted by atomic mass is 15.1. The predicted molar refractivity (Wildman–Crippen MR) is 91.1 cm³/mol. The van der Waals surface area contributed by atoms with Crippen molar-refractivity contribution in [3.05, 3.63) is 29.3 Å². The van der Waals surface area contributed by atoms with Gasteiger partial charge in [-0.15, -0.1) is 0 Å². The van der Waals surface area contributed by atoms with Crippen LogP contribution in [0, 0.1) is 18.3 Å². The third kappa shape index (κ3) is 3.26. The van der Waals surface area contributed by atoms with E-state index in [2.05, 4.69) is 49.2 Å². The smallest absolute Gasteiger partial charge is 0.0399 e. The van der Waals surface area contributed by atoms with Crippen molar-refractivity contribution in [1.29, 1.82) is 0 Å². The summed E-state index contributed by atoms with van der Waals surface area (Å²) in [6.45, 7) is 12.0. The van der Waals surface area contributed by atoms with E-state index in [0.717, 1.165) is 5.92 Å². The van der Waals surface area contributed by atoms with Gasteiger partial charge in [-0.25, -0.2) is 0 Å². The van der Waals surface area contributed by atoms with Crippen LogP contribution in [0.5, 0.6) is 0 Å². The van der Waals surface area contributed by atoms with Crippen LogP contribution >= 0.6 is 0 Å². The van der Waals surface area contributed by atoms with Gasteiger partial charge < -0.3 is 10.2 Å². The number of piperidine rings is 1. The van der Waals surface area contributed by atoms with Crippen LogP contribution < -0.4 is 10.2 Å². The lowest BCUT2D eigenvalue weighted by Gasteiger charge is -2.43. The zero-order valence-electron chi connectivity index (χ0n) is 13.9. The molecule has 0 saturated carbocycles. The first-order valence-corrected chi connectivity index (χ1v) is 8.61. The highest BCUT2D eigenvalue weighted by Crippen LogP contribution is 2.36. The first-order valence-electron chi connectivity index (χ1n) is 8.61. The lowest BCUT2D eigenvalue weighted by molar-refractivity contribution is 0.175. The predicted octanol–water partition coefficient (Wildman–Crippen LogP) is 3.77. The lowest BCUT2D eigenvalue weighted by atomic mass is 9.74.